The molecule has 1 aromatic heterocycles. The summed E-state index contributed by atoms with van der Waals surface area (Å²) in [6.07, 6.45) is 2.63. The Hall–Kier alpha value is -2.77. The summed E-state index contributed by atoms with van der Waals surface area (Å²) in [5.41, 5.74) is 0.424. The molecule has 8 heteroatoms. The number of benzene rings is 1. The third kappa shape index (κ3) is 4.16. The standard InChI is InChI=1S/C21H26FN5O2/c1-15(28)26-9-4-6-17(14-26)21-24-23-19-8-10-25(11-12-27(19)21)20(29)13-16-5-2-3-7-18(16)22/h2-3,5,7,17H,4,6,8-14H2,1H3. The van der Waals surface area contributed by atoms with Gasteiger partial charge in [0.25, 0.3) is 0 Å². The van der Waals surface area contributed by atoms with Crippen LogP contribution < -0.4 is 0 Å². The summed E-state index contributed by atoms with van der Waals surface area (Å²) in [4.78, 5) is 28.1. The van der Waals surface area contributed by atoms with Crippen LogP contribution in [0.2, 0.25) is 0 Å². The van der Waals surface area contributed by atoms with E-state index in [1.165, 1.54) is 6.07 Å². The van der Waals surface area contributed by atoms with Gasteiger partial charge in [-0.3, -0.25) is 9.59 Å². The Labute approximate surface area is 169 Å². The minimum absolute atomic E-state index is 0.0658. The van der Waals surface area contributed by atoms with Crippen LogP contribution in [0, 0.1) is 5.82 Å². The van der Waals surface area contributed by atoms with E-state index in [9.17, 15) is 14.0 Å². The molecule has 1 unspecified atom stereocenters. The number of fused-ring (bicyclic) bond motifs is 1. The van der Waals surface area contributed by atoms with E-state index in [4.69, 9.17) is 0 Å². The fourth-order valence-corrected chi connectivity index (χ4v) is 4.29. The first-order valence-corrected chi connectivity index (χ1v) is 10.2. The minimum atomic E-state index is -0.345. The Balaban J connectivity index is 1.44. The highest BCUT2D eigenvalue weighted by molar-refractivity contribution is 5.78. The Kier molecular flexibility index (Phi) is 5.60. The fourth-order valence-electron chi connectivity index (χ4n) is 4.29. The van der Waals surface area contributed by atoms with E-state index in [0.29, 0.717) is 38.2 Å². The molecule has 0 N–H and O–H groups in total. The zero-order valence-electron chi connectivity index (χ0n) is 16.7. The number of hydrogen-bond donors (Lipinski definition) is 0. The van der Waals surface area contributed by atoms with Gasteiger partial charge in [-0.05, 0) is 24.5 Å². The van der Waals surface area contributed by atoms with Gasteiger partial charge in [-0.1, -0.05) is 18.2 Å². The molecule has 29 heavy (non-hydrogen) atoms. The van der Waals surface area contributed by atoms with Crippen LogP contribution in [0.1, 0.15) is 42.9 Å². The second kappa shape index (κ2) is 8.31. The van der Waals surface area contributed by atoms with Crippen molar-refractivity contribution in [1.82, 2.24) is 24.6 Å². The Morgan fingerprint density at radius 1 is 1.10 bits per heavy atom. The van der Waals surface area contributed by atoms with Gasteiger partial charge in [0.05, 0.1) is 6.42 Å². The number of rotatable bonds is 3. The maximum absolute atomic E-state index is 13.9. The zero-order valence-corrected chi connectivity index (χ0v) is 16.7. The van der Waals surface area contributed by atoms with Crippen molar-refractivity contribution in [2.45, 2.75) is 45.1 Å². The van der Waals surface area contributed by atoms with Gasteiger partial charge < -0.3 is 14.4 Å². The molecule has 3 heterocycles. The molecule has 2 amide bonds. The van der Waals surface area contributed by atoms with Crippen LogP contribution in [0.15, 0.2) is 24.3 Å². The molecule has 0 aliphatic carbocycles. The fraction of sp³-hybridized carbons (Fsp3) is 0.524. The van der Waals surface area contributed by atoms with Crippen LogP contribution in [0.4, 0.5) is 4.39 Å². The highest BCUT2D eigenvalue weighted by atomic mass is 19.1. The molecule has 0 bridgehead atoms. The Bertz CT molecular complexity index is 912. The molecule has 1 fully saturated rings. The number of hydrogen-bond acceptors (Lipinski definition) is 4. The van der Waals surface area contributed by atoms with E-state index in [0.717, 1.165) is 31.0 Å². The number of halogens is 1. The first kappa shape index (κ1) is 19.5. The van der Waals surface area contributed by atoms with Crippen molar-refractivity contribution in [3.05, 3.63) is 47.3 Å². The monoisotopic (exact) mass is 399 g/mol. The van der Waals surface area contributed by atoms with Crippen LogP contribution in [-0.2, 0) is 29.0 Å². The second-order valence-electron chi connectivity index (χ2n) is 7.83. The molecular formula is C21H26FN5O2. The first-order valence-electron chi connectivity index (χ1n) is 10.2. The van der Waals surface area contributed by atoms with Gasteiger partial charge in [-0.2, -0.15) is 0 Å². The molecule has 0 spiro atoms. The van der Waals surface area contributed by atoms with Crippen LogP contribution in [-0.4, -0.2) is 62.6 Å². The van der Waals surface area contributed by atoms with E-state index in [1.54, 1.807) is 30.0 Å². The number of carbonyl (C=O) groups excluding carboxylic acids is 2. The Morgan fingerprint density at radius 2 is 1.93 bits per heavy atom. The number of nitrogens with zero attached hydrogens (tertiary/aromatic N) is 5. The van der Waals surface area contributed by atoms with Crippen LogP contribution in [0.3, 0.4) is 0 Å². The van der Waals surface area contributed by atoms with Crippen LogP contribution >= 0.6 is 0 Å². The predicted molar refractivity (Wildman–Crippen MR) is 105 cm³/mol. The second-order valence-corrected chi connectivity index (χ2v) is 7.83. The lowest BCUT2D eigenvalue weighted by atomic mass is 9.97. The smallest absolute Gasteiger partial charge is 0.227 e. The van der Waals surface area contributed by atoms with Gasteiger partial charge in [0.2, 0.25) is 11.8 Å². The molecule has 7 nitrogen and oxygen atoms in total. The largest absolute Gasteiger partial charge is 0.342 e. The maximum atomic E-state index is 13.9. The quantitative estimate of drug-likeness (QED) is 0.789. The normalized spacial score (nSPS) is 19.6. The SMILES string of the molecule is CC(=O)N1CCCC(c2nnc3n2CCN(C(=O)Cc2ccccc2F)CC3)C1. The molecule has 4 rings (SSSR count). The van der Waals surface area contributed by atoms with Gasteiger partial charge in [0.1, 0.15) is 17.5 Å². The molecule has 2 aromatic rings. The van der Waals surface area contributed by atoms with Gasteiger partial charge in [0.15, 0.2) is 0 Å². The minimum Gasteiger partial charge on any atom is -0.342 e. The third-order valence-corrected chi connectivity index (χ3v) is 5.94. The summed E-state index contributed by atoms with van der Waals surface area (Å²) in [6, 6.07) is 6.41. The lowest BCUT2D eigenvalue weighted by molar-refractivity contribution is -0.131. The molecule has 1 atom stereocenters. The van der Waals surface area contributed by atoms with Crippen LogP contribution in [0.5, 0.6) is 0 Å². The van der Waals surface area contributed by atoms with Crippen molar-refractivity contribution >= 4 is 11.8 Å². The van der Waals surface area contributed by atoms with Crippen molar-refractivity contribution in [3.63, 3.8) is 0 Å². The number of likely N-dealkylation sites (tertiary alicyclic amines) is 1. The molecule has 154 valence electrons. The highest BCUT2D eigenvalue weighted by Gasteiger charge is 2.29. The van der Waals surface area contributed by atoms with Crippen molar-refractivity contribution < 1.29 is 14.0 Å². The van der Waals surface area contributed by atoms with Crippen molar-refractivity contribution in [2.75, 3.05) is 26.2 Å². The van der Waals surface area contributed by atoms with E-state index in [2.05, 4.69) is 14.8 Å². The Morgan fingerprint density at radius 3 is 2.72 bits per heavy atom. The zero-order chi connectivity index (χ0) is 20.4. The molecule has 0 radical (unpaired) electrons. The number of amides is 2. The van der Waals surface area contributed by atoms with E-state index < -0.39 is 0 Å². The molecule has 1 saturated heterocycles. The van der Waals surface area contributed by atoms with Crippen molar-refractivity contribution in [3.8, 4) is 0 Å². The highest BCUT2D eigenvalue weighted by Crippen LogP contribution is 2.27. The molecular weight excluding hydrogens is 373 g/mol. The first-order chi connectivity index (χ1) is 14.0. The average Bonchev–Trinajstić information content (AvgIpc) is 3.01. The van der Waals surface area contributed by atoms with Gasteiger partial charge >= 0.3 is 0 Å². The van der Waals surface area contributed by atoms with Crippen LogP contribution in [0.25, 0.3) is 0 Å². The summed E-state index contributed by atoms with van der Waals surface area (Å²) in [6.45, 7) is 4.79. The number of aromatic nitrogens is 3. The summed E-state index contributed by atoms with van der Waals surface area (Å²) in [7, 11) is 0. The van der Waals surface area contributed by atoms with Gasteiger partial charge in [-0.25, -0.2) is 4.39 Å². The summed E-state index contributed by atoms with van der Waals surface area (Å²) < 4.78 is 16.0. The van der Waals surface area contributed by atoms with Crippen molar-refractivity contribution in [1.29, 1.82) is 0 Å². The van der Waals surface area contributed by atoms with Crippen molar-refractivity contribution in [2.24, 2.45) is 0 Å². The summed E-state index contributed by atoms with van der Waals surface area (Å²) in [5, 5.41) is 8.79. The topological polar surface area (TPSA) is 71.3 Å². The molecule has 1 aromatic carbocycles. The molecule has 2 aliphatic rings. The van der Waals surface area contributed by atoms with E-state index >= 15 is 0 Å². The third-order valence-electron chi connectivity index (χ3n) is 5.94. The van der Waals surface area contributed by atoms with E-state index in [-0.39, 0.29) is 30.0 Å². The molecule has 2 aliphatic heterocycles. The lowest BCUT2D eigenvalue weighted by Gasteiger charge is -2.31. The van der Waals surface area contributed by atoms with Gasteiger partial charge in [0, 0.05) is 52.0 Å². The predicted octanol–water partition coefficient (Wildman–Crippen LogP) is 1.77. The average molecular weight is 399 g/mol. The maximum Gasteiger partial charge on any atom is 0.227 e. The van der Waals surface area contributed by atoms with E-state index in [1.807, 2.05) is 4.90 Å². The number of piperidine rings is 1. The number of carbonyl (C=O) groups is 2. The lowest BCUT2D eigenvalue weighted by Crippen LogP contribution is -2.38. The summed E-state index contributed by atoms with van der Waals surface area (Å²) >= 11 is 0. The molecule has 0 saturated carbocycles. The summed E-state index contributed by atoms with van der Waals surface area (Å²) in [5.74, 6) is 1.64. The van der Waals surface area contributed by atoms with Gasteiger partial charge in [-0.15, -0.1) is 10.2 Å².